The summed E-state index contributed by atoms with van der Waals surface area (Å²) in [5.74, 6) is 0. The van der Waals surface area contributed by atoms with Crippen LogP contribution >= 0.6 is 0 Å². The fraction of sp³-hybridized carbons (Fsp3) is 1.00. The van der Waals surface area contributed by atoms with Crippen LogP contribution < -0.4 is 0 Å². The Morgan fingerprint density at radius 3 is 2.46 bits per heavy atom. The Labute approximate surface area is 76.9 Å². The maximum atomic E-state index is 9.58. The molecule has 1 rings (SSSR count). The molecule has 0 spiro atoms. The first-order valence-electron chi connectivity index (χ1n) is 4.19. The number of methoxy groups -OCH3 is 1. The fourth-order valence-electron chi connectivity index (χ4n) is 1.60. The summed E-state index contributed by atoms with van der Waals surface area (Å²) in [6.45, 7) is 1.51. The van der Waals surface area contributed by atoms with Crippen LogP contribution in [0.5, 0.6) is 0 Å². The van der Waals surface area contributed by atoms with Gasteiger partial charge < -0.3 is 24.8 Å². The monoisotopic (exact) mass is 192 g/mol. The maximum absolute atomic E-state index is 9.58. The molecule has 13 heavy (non-hydrogen) atoms. The minimum Gasteiger partial charge on any atom is -0.394 e. The predicted molar refractivity (Wildman–Crippen MR) is 44.3 cm³/mol. The summed E-state index contributed by atoms with van der Waals surface area (Å²) in [6.07, 6.45) is -2.80. The molecule has 4 atom stereocenters. The Balaban J connectivity index is 2.69. The predicted octanol–water partition coefficient (Wildman–Crippen LogP) is -1.50. The molecule has 0 radical (unpaired) electrons. The summed E-state index contributed by atoms with van der Waals surface area (Å²) < 4.78 is 10.2. The van der Waals surface area contributed by atoms with Crippen molar-refractivity contribution in [3.63, 3.8) is 0 Å². The van der Waals surface area contributed by atoms with Crippen LogP contribution in [-0.4, -0.2) is 59.6 Å². The van der Waals surface area contributed by atoms with Crippen LogP contribution in [0.3, 0.4) is 0 Å². The second-order valence-corrected chi connectivity index (χ2v) is 3.52. The quantitative estimate of drug-likeness (QED) is 0.507. The number of hydrogen-bond donors (Lipinski definition) is 3. The second kappa shape index (κ2) is 3.89. The molecule has 0 aliphatic carbocycles. The van der Waals surface area contributed by atoms with Gasteiger partial charge in [0, 0.05) is 7.11 Å². The third kappa shape index (κ3) is 1.84. The van der Waals surface area contributed by atoms with Gasteiger partial charge >= 0.3 is 0 Å². The number of ether oxygens (including phenoxy) is 2. The molecule has 1 saturated heterocycles. The molecule has 5 nitrogen and oxygen atoms in total. The Bertz CT molecular complexity index is 174. The molecule has 0 bridgehead atoms. The zero-order valence-corrected chi connectivity index (χ0v) is 7.80. The van der Waals surface area contributed by atoms with E-state index in [9.17, 15) is 10.2 Å². The average Bonchev–Trinajstić information content (AvgIpc) is 2.31. The third-order valence-corrected chi connectivity index (χ3v) is 2.36. The summed E-state index contributed by atoms with van der Waals surface area (Å²) in [4.78, 5) is 0. The minimum absolute atomic E-state index is 0.182. The molecular weight excluding hydrogens is 176 g/mol. The zero-order valence-electron chi connectivity index (χ0n) is 7.80. The molecule has 5 heteroatoms. The summed E-state index contributed by atoms with van der Waals surface area (Å²) in [7, 11) is 1.49. The van der Waals surface area contributed by atoms with E-state index >= 15 is 0 Å². The van der Waals surface area contributed by atoms with Gasteiger partial charge in [0.05, 0.1) is 13.2 Å². The smallest absolute Gasteiger partial charge is 0.118 e. The molecule has 1 fully saturated rings. The van der Waals surface area contributed by atoms with Crippen molar-refractivity contribution in [1.82, 2.24) is 0 Å². The van der Waals surface area contributed by atoms with Gasteiger partial charge in [-0.2, -0.15) is 0 Å². The summed E-state index contributed by atoms with van der Waals surface area (Å²) in [5, 5.41) is 27.8. The molecule has 0 amide bonds. The Morgan fingerprint density at radius 2 is 2.08 bits per heavy atom. The molecule has 0 aromatic heterocycles. The van der Waals surface area contributed by atoms with E-state index in [0.29, 0.717) is 0 Å². The van der Waals surface area contributed by atoms with E-state index in [-0.39, 0.29) is 13.2 Å². The number of hydrogen-bond acceptors (Lipinski definition) is 5. The third-order valence-electron chi connectivity index (χ3n) is 2.36. The van der Waals surface area contributed by atoms with Crippen molar-refractivity contribution in [2.45, 2.75) is 30.8 Å². The van der Waals surface area contributed by atoms with Gasteiger partial charge in [0.2, 0.25) is 0 Å². The minimum atomic E-state index is -1.05. The van der Waals surface area contributed by atoms with E-state index in [2.05, 4.69) is 0 Å². The van der Waals surface area contributed by atoms with E-state index < -0.39 is 23.9 Å². The largest absolute Gasteiger partial charge is 0.394 e. The molecule has 0 aromatic carbocycles. The Kier molecular flexibility index (Phi) is 3.26. The highest BCUT2D eigenvalue weighted by atomic mass is 16.6. The molecule has 0 aromatic rings. The first-order chi connectivity index (χ1) is 6.05. The number of aliphatic hydroxyl groups excluding tert-OH is 3. The van der Waals surface area contributed by atoms with E-state index in [1.54, 1.807) is 6.92 Å². The second-order valence-electron chi connectivity index (χ2n) is 3.52. The zero-order chi connectivity index (χ0) is 10.1. The first kappa shape index (κ1) is 10.9. The Hall–Kier alpha value is -0.200. The van der Waals surface area contributed by atoms with Crippen molar-refractivity contribution in [3.05, 3.63) is 0 Å². The van der Waals surface area contributed by atoms with Crippen LogP contribution in [0.25, 0.3) is 0 Å². The van der Waals surface area contributed by atoms with Crippen LogP contribution in [0.15, 0.2) is 0 Å². The van der Waals surface area contributed by atoms with Crippen LogP contribution in [0.2, 0.25) is 0 Å². The number of aliphatic hydroxyl groups is 3. The number of rotatable bonds is 3. The van der Waals surface area contributed by atoms with Crippen molar-refractivity contribution >= 4 is 0 Å². The van der Waals surface area contributed by atoms with Crippen molar-refractivity contribution in [2.75, 3.05) is 20.3 Å². The lowest BCUT2D eigenvalue weighted by Crippen LogP contribution is -2.44. The van der Waals surface area contributed by atoms with Crippen LogP contribution in [0.4, 0.5) is 0 Å². The van der Waals surface area contributed by atoms with Crippen molar-refractivity contribution < 1.29 is 24.8 Å². The van der Waals surface area contributed by atoms with Gasteiger partial charge in [-0.3, -0.25) is 0 Å². The topological polar surface area (TPSA) is 79.2 Å². The van der Waals surface area contributed by atoms with Crippen LogP contribution in [-0.2, 0) is 9.47 Å². The van der Waals surface area contributed by atoms with Crippen molar-refractivity contribution in [3.8, 4) is 0 Å². The van der Waals surface area contributed by atoms with Crippen LogP contribution in [0.1, 0.15) is 6.92 Å². The summed E-state index contributed by atoms with van der Waals surface area (Å²) in [6, 6.07) is 0. The standard InChI is InChI=1S/C8H16O5/c1-8(4-12-2)7(11)6(10)5(3-9)13-8/h5-7,9-11H,3-4H2,1-2H3/t5-,6?,7-,8-/m1/s1. The molecular formula is C8H16O5. The maximum Gasteiger partial charge on any atom is 0.118 e. The Morgan fingerprint density at radius 1 is 1.46 bits per heavy atom. The van der Waals surface area contributed by atoms with Gasteiger partial charge in [-0.05, 0) is 6.92 Å². The highest BCUT2D eigenvalue weighted by Crippen LogP contribution is 2.30. The lowest BCUT2D eigenvalue weighted by Gasteiger charge is -2.26. The lowest BCUT2D eigenvalue weighted by molar-refractivity contribution is -0.114. The summed E-state index contributed by atoms with van der Waals surface area (Å²) in [5.41, 5.74) is -0.929. The average molecular weight is 192 g/mol. The SMILES string of the molecule is COC[C@@]1(C)O[C@H](CO)C(O)[C@H]1O. The van der Waals surface area contributed by atoms with E-state index in [4.69, 9.17) is 14.6 Å². The fourth-order valence-corrected chi connectivity index (χ4v) is 1.60. The summed E-state index contributed by atoms with van der Waals surface area (Å²) >= 11 is 0. The highest BCUT2D eigenvalue weighted by Gasteiger charge is 2.50. The lowest BCUT2D eigenvalue weighted by atomic mass is 9.98. The van der Waals surface area contributed by atoms with Gasteiger partial charge in [0.25, 0.3) is 0 Å². The molecule has 1 aliphatic rings. The van der Waals surface area contributed by atoms with E-state index in [1.165, 1.54) is 7.11 Å². The van der Waals surface area contributed by atoms with Crippen LogP contribution in [0, 0.1) is 0 Å². The molecule has 1 aliphatic heterocycles. The van der Waals surface area contributed by atoms with Crippen molar-refractivity contribution in [2.24, 2.45) is 0 Å². The van der Waals surface area contributed by atoms with Crippen molar-refractivity contribution in [1.29, 1.82) is 0 Å². The first-order valence-corrected chi connectivity index (χ1v) is 4.19. The molecule has 1 unspecified atom stereocenters. The molecule has 0 saturated carbocycles. The molecule has 1 heterocycles. The van der Waals surface area contributed by atoms with Gasteiger partial charge in [-0.15, -0.1) is 0 Å². The van der Waals surface area contributed by atoms with Gasteiger partial charge in [0.15, 0.2) is 0 Å². The normalized spacial score (nSPS) is 45.5. The molecule has 78 valence electrons. The van der Waals surface area contributed by atoms with Gasteiger partial charge in [-0.1, -0.05) is 0 Å². The van der Waals surface area contributed by atoms with E-state index in [0.717, 1.165) is 0 Å². The van der Waals surface area contributed by atoms with Gasteiger partial charge in [0.1, 0.15) is 23.9 Å². The molecule has 3 N–H and O–H groups in total. The van der Waals surface area contributed by atoms with E-state index in [1.807, 2.05) is 0 Å². The highest BCUT2D eigenvalue weighted by molar-refractivity contribution is 4.99. The van der Waals surface area contributed by atoms with Gasteiger partial charge in [-0.25, -0.2) is 0 Å².